The van der Waals surface area contributed by atoms with Gasteiger partial charge in [0, 0.05) is 6.04 Å². The number of piperidine rings is 1. The van der Waals surface area contributed by atoms with E-state index in [2.05, 4.69) is 22.8 Å². The predicted octanol–water partition coefficient (Wildman–Crippen LogP) is 2.91. The minimum atomic E-state index is -0.208. The van der Waals surface area contributed by atoms with Gasteiger partial charge in [-0.25, -0.2) is 0 Å². The van der Waals surface area contributed by atoms with Crippen molar-refractivity contribution in [2.75, 3.05) is 20.2 Å². The van der Waals surface area contributed by atoms with E-state index in [4.69, 9.17) is 4.74 Å². The number of ether oxygens (including phenoxy) is 1. The third kappa shape index (κ3) is 3.29. The minimum Gasteiger partial charge on any atom is -0.497 e. The Morgan fingerprint density at radius 1 is 1.28 bits per heavy atom. The van der Waals surface area contributed by atoms with Gasteiger partial charge in [0.05, 0.1) is 12.5 Å². The maximum absolute atomic E-state index is 13.4. The van der Waals surface area contributed by atoms with Crippen LogP contribution in [-0.4, -0.2) is 32.1 Å². The standard InChI is InChI=1S/C21H30N2O2/c1-25-19-4-2-3-15(12-19)13-21(14-16-5-6-17(21)11-16)20(24)23-18-7-9-22-10-8-18/h2-4,12,16-18,22H,5-11,13-14H2,1H3,(H,23,24). The Balaban J connectivity index is 1.55. The van der Waals surface area contributed by atoms with Gasteiger partial charge in [0.15, 0.2) is 0 Å². The van der Waals surface area contributed by atoms with Crippen LogP contribution in [0.1, 0.15) is 44.1 Å². The summed E-state index contributed by atoms with van der Waals surface area (Å²) in [7, 11) is 1.70. The molecule has 136 valence electrons. The van der Waals surface area contributed by atoms with Gasteiger partial charge >= 0.3 is 0 Å². The average molecular weight is 342 g/mol. The summed E-state index contributed by atoms with van der Waals surface area (Å²) in [6.07, 6.45) is 7.78. The van der Waals surface area contributed by atoms with Gasteiger partial charge in [0.2, 0.25) is 5.91 Å². The van der Waals surface area contributed by atoms with Crippen molar-refractivity contribution in [3.8, 4) is 5.75 Å². The van der Waals surface area contributed by atoms with Crippen molar-refractivity contribution < 1.29 is 9.53 Å². The van der Waals surface area contributed by atoms with Gasteiger partial charge in [0.1, 0.15) is 5.75 Å². The van der Waals surface area contributed by atoms with Gasteiger partial charge in [-0.05, 0) is 81.1 Å². The molecule has 2 saturated carbocycles. The average Bonchev–Trinajstić information content (AvgIpc) is 3.24. The summed E-state index contributed by atoms with van der Waals surface area (Å²) in [5, 5.41) is 6.81. The first-order valence-electron chi connectivity index (χ1n) is 9.84. The highest BCUT2D eigenvalue weighted by Gasteiger charge is 2.55. The second-order valence-electron chi connectivity index (χ2n) is 8.26. The highest BCUT2D eigenvalue weighted by atomic mass is 16.5. The predicted molar refractivity (Wildman–Crippen MR) is 98.6 cm³/mol. The van der Waals surface area contributed by atoms with E-state index in [9.17, 15) is 4.79 Å². The van der Waals surface area contributed by atoms with E-state index in [0.29, 0.717) is 17.9 Å². The topological polar surface area (TPSA) is 50.4 Å². The number of benzene rings is 1. The number of hydrogen-bond donors (Lipinski definition) is 2. The highest BCUT2D eigenvalue weighted by Crippen LogP contribution is 2.57. The van der Waals surface area contributed by atoms with Gasteiger partial charge < -0.3 is 15.4 Å². The fraction of sp³-hybridized carbons (Fsp3) is 0.667. The number of rotatable bonds is 5. The van der Waals surface area contributed by atoms with E-state index in [1.807, 2.05) is 12.1 Å². The van der Waals surface area contributed by atoms with E-state index >= 15 is 0 Å². The Bertz CT molecular complexity index is 626. The second-order valence-corrected chi connectivity index (χ2v) is 8.26. The number of carbonyl (C=O) groups excluding carboxylic acids is 1. The molecule has 4 rings (SSSR count). The molecule has 4 heteroatoms. The molecular formula is C21H30N2O2. The summed E-state index contributed by atoms with van der Waals surface area (Å²) in [6, 6.07) is 8.61. The van der Waals surface area contributed by atoms with Gasteiger partial charge in [-0.15, -0.1) is 0 Å². The molecule has 1 heterocycles. The van der Waals surface area contributed by atoms with Crippen molar-refractivity contribution in [2.45, 2.75) is 51.0 Å². The van der Waals surface area contributed by atoms with Crippen molar-refractivity contribution in [1.29, 1.82) is 0 Å². The van der Waals surface area contributed by atoms with E-state index in [-0.39, 0.29) is 5.41 Å². The molecule has 3 aliphatic rings. The SMILES string of the molecule is COc1cccc(CC2(C(=O)NC3CCNCC3)CC3CCC2C3)c1. The molecule has 2 aliphatic carbocycles. The maximum atomic E-state index is 13.4. The lowest BCUT2D eigenvalue weighted by molar-refractivity contribution is -0.135. The van der Waals surface area contributed by atoms with Crippen LogP contribution in [0, 0.1) is 17.3 Å². The lowest BCUT2D eigenvalue weighted by Crippen LogP contribution is -2.51. The zero-order chi connectivity index (χ0) is 17.3. The minimum absolute atomic E-state index is 0.208. The van der Waals surface area contributed by atoms with Crippen LogP contribution in [0.3, 0.4) is 0 Å². The van der Waals surface area contributed by atoms with Crippen LogP contribution in [0.4, 0.5) is 0 Å². The van der Waals surface area contributed by atoms with E-state index < -0.39 is 0 Å². The monoisotopic (exact) mass is 342 g/mol. The molecule has 1 aromatic carbocycles. The summed E-state index contributed by atoms with van der Waals surface area (Å²) >= 11 is 0. The maximum Gasteiger partial charge on any atom is 0.227 e. The zero-order valence-electron chi connectivity index (χ0n) is 15.2. The van der Waals surface area contributed by atoms with Crippen LogP contribution >= 0.6 is 0 Å². The van der Waals surface area contributed by atoms with Crippen molar-refractivity contribution in [3.63, 3.8) is 0 Å². The number of amides is 1. The Morgan fingerprint density at radius 3 is 2.80 bits per heavy atom. The molecule has 4 nitrogen and oxygen atoms in total. The van der Waals surface area contributed by atoms with Crippen LogP contribution in [0.5, 0.6) is 5.75 Å². The van der Waals surface area contributed by atoms with Gasteiger partial charge in [-0.1, -0.05) is 18.6 Å². The first-order chi connectivity index (χ1) is 12.2. The molecular weight excluding hydrogens is 312 g/mol. The summed E-state index contributed by atoms with van der Waals surface area (Å²) in [5.74, 6) is 2.49. The highest BCUT2D eigenvalue weighted by molar-refractivity contribution is 5.84. The summed E-state index contributed by atoms with van der Waals surface area (Å²) in [4.78, 5) is 13.4. The summed E-state index contributed by atoms with van der Waals surface area (Å²) in [6.45, 7) is 2.03. The molecule has 2 bridgehead atoms. The van der Waals surface area contributed by atoms with Crippen LogP contribution in [0.15, 0.2) is 24.3 Å². The Morgan fingerprint density at radius 2 is 2.12 bits per heavy atom. The normalized spacial score (nSPS) is 31.9. The number of nitrogens with one attached hydrogen (secondary N) is 2. The largest absolute Gasteiger partial charge is 0.497 e. The molecule has 1 aliphatic heterocycles. The Kier molecular flexibility index (Phi) is 4.72. The first-order valence-corrected chi connectivity index (χ1v) is 9.84. The quantitative estimate of drug-likeness (QED) is 0.865. The first kappa shape index (κ1) is 16.9. The number of methoxy groups -OCH3 is 1. The molecule has 0 aromatic heterocycles. The second kappa shape index (κ2) is 6.99. The van der Waals surface area contributed by atoms with Crippen molar-refractivity contribution in [2.24, 2.45) is 17.3 Å². The zero-order valence-corrected chi connectivity index (χ0v) is 15.2. The van der Waals surface area contributed by atoms with E-state index in [1.165, 1.54) is 24.8 Å². The number of carbonyl (C=O) groups is 1. The molecule has 0 spiro atoms. The third-order valence-electron chi connectivity index (χ3n) is 6.76. The molecule has 1 amide bonds. The van der Waals surface area contributed by atoms with Crippen LogP contribution < -0.4 is 15.4 Å². The van der Waals surface area contributed by atoms with Gasteiger partial charge in [0.25, 0.3) is 0 Å². The van der Waals surface area contributed by atoms with Crippen molar-refractivity contribution in [3.05, 3.63) is 29.8 Å². The van der Waals surface area contributed by atoms with Gasteiger partial charge in [-0.2, -0.15) is 0 Å². The van der Waals surface area contributed by atoms with E-state index in [1.54, 1.807) is 7.11 Å². The smallest absolute Gasteiger partial charge is 0.227 e. The summed E-state index contributed by atoms with van der Waals surface area (Å²) < 4.78 is 5.39. The molecule has 3 atom stereocenters. The Hall–Kier alpha value is -1.55. The molecule has 25 heavy (non-hydrogen) atoms. The fourth-order valence-corrected chi connectivity index (χ4v) is 5.46. The number of fused-ring (bicyclic) bond motifs is 2. The summed E-state index contributed by atoms with van der Waals surface area (Å²) in [5.41, 5.74) is 1.02. The molecule has 1 saturated heterocycles. The Labute approximate surface area is 150 Å². The van der Waals surface area contributed by atoms with Crippen molar-refractivity contribution in [1.82, 2.24) is 10.6 Å². The van der Waals surface area contributed by atoms with Crippen LogP contribution in [-0.2, 0) is 11.2 Å². The van der Waals surface area contributed by atoms with Crippen molar-refractivity contribution >= 4 is 5.91 Å². The number of hydrogen-bond acceptors (Lipinski definition) is 3. The lowest BCUT2D eigenvalue weighted by atomic mass is 9.68. The molecule has 1 aromatic rings. The third-order valence-corrected chi connectivity index (χ3v) is 6.76. The lowest BCUT2D eigenvalue weighted by Gasteiger charge is -2.38. The van der Waals surface area contributed by atoms with E-state index in [0.717, 1.165) is 50.4 Å². The van der Waals surface area contributed by atoms with Crippen LogP contribution in [0.25, 0.3) is 0 Å². The van der Waals surface area contributed by atoms with Gasteiger partial charge in [-0.3, -0.25) is 4.79 Å². The molecule has 3 fully saturated rings. The van der Waals surface area contributed by atoms with Crippen LogP contribution in [0.2, 0.25) is 0 Å². The molecule has 3 unspecified atom stereocenters. The fourth-order valence-electron chi connectivity index (χ4n) is 5.46. The molecule has 0 radical (unpaired) electrons. The molecule has 2 N–H and O–H groups in total.